The molecule has 1 rings (SSSR count). The number of carbonyl (C=O) groups is 2. The number of unbranched alkanes of at least 4 members (excludes halogenated alkanes) is 1. The minimum atomic E-state index is -0.502. The maximum absolute atomic E-state index is 12.0. The molecule has 0 aliphatic carbocycles. The van der Waals surface area contributed by atoms with Crippen LogP contribution in [-0.4, -0.2) is 17.9 Å². The van der Waals surface area contributed by atoms with Gasteiger partial charge in [-0.25, -0.2) is 0 Å². The van der Waals surface area contributed by atoms with Gasteiger partial charge in [0.1, 0.15) is 0 Å². The minimum Gasteiger partial charge on any atom is -0.326 e. The molecular formula is C16H25N3O2. The van der Waals surface area contributed by atoms with Gasteiger partial charge in [-0.3, -0.25) is 9.59 Å². The highest BCUT2D eigenvalue weighted by molar-refractivity contribution is 5.97. The van der Waals surface area contributed by atoms with Crippen LogP contribution in [0.15, 0.2) is 18.2 Å². The van der Waals surface area contributed by atoms with Gasteiger partial charge in [0.15, 0.2) is 0 Å². The minimum absolute atomic E-state index is 0.0544. The first-order valence-electron chi connectivity index (χ1n) is 7.45. The van der Waals surface area contributed by atoms with E-state index in [0.29, 0.717) is 24.2 Å². The molecule has 4 N–H and O–H groups in total. The van der Waals surface area contributed by atoms with Crippen LogP contribution in [0.25, 0.3) is 0 Å². The van der Waals surface area contributed by atoms with Crippen molar-refractivity contribution in [2.75, 3.05) is 10.6 Å². The van der Waals surface area contributed by atoms with Gasteiger partial charge in [0.05, 0.1) is 6.04 Å². The largest absolute Gasteiger partial charge is 0.326 e. The van der Waals surface area contributed by atoms with Crippen molar-refractivity contribution in [3.63, 3.8) is 0 Å². The Balaban J connectivity index is 2.77. The highest BCUT2D eigenvalue weighted by Gasteiger charge is 2.15. The molecule has 0 aromatic heterocycles. The zero-order chi connectivity index (χ0) is 15.8. The number of hydrogen-bond acceptors (Lipinski definition) is 3. The summed E-state index contributed by atoms with van der Waals surface area (Å²) in [6.45, 7) is 5.72. The van der Waals surface area contributed by atoms with Crippen molar-refractivity contribution in [3.8, 4) is 0 Å². The molecule has 21 heavy (non-hydrogen) atoms. The van der Waals surface area contributed by atoms with Crippen molar-refractivity contribution >= 4 is 23.2 Å². The third-order valence-electron chi connectivity index (χ3n) is 3.39. The summed E-state index contributed by atoms with van der Waals surface area (Å²) in [6.07, 6.45) is 3.03. The van der Waals surface area contributed by atoms with E-state index >= 15 is 0 Å². The van der Waals surface area contributed by atoms with Crippen molar-refractivity contribution < 1.29 is 9.59 Å². The summed E-state index contributed by atoms with van der Waals surface area (Å²) in [5.41, 5.74) is 8.08. The predicted molar refractivity (Wildman–Crippen MR) is 86.2 cm³/mol. The zero-order valence-electron chi connectivity index (χ0n) is 13.0. The molecule has 0 saturated carbocycles. The van der Waals surface area contributed by atoms with Crippen molar-refractivity contribution in [2.24, 2.45) is 5.73 Å². The molecule has 0 bridgehead atoms. The second-order valence-corrected chi connectivity index (χ2v) is 5.12. The van der Waals surface area contributed by atoms with E-state index in [-0.39, 0.29) is 11.8 Å². The Morgan fingerprint density at radius 3 is 2.38 bits per heavy atom. The van der Waals surface area contributed by atoms with Crippen LogP contribution in [0.1, 0.15) is 45.1 Å². The lowest BCUT2D eigenvalue weighted by Gasteiger charge is -2.15. The molecule has 0 aliphatic rings. The molecule has 0 fully saturated rings. The highest BCUT2D eigenvalue weighted by Crippen LogP contribution is 2.23. The Kier molecular flexibility index (Phi) is 6.88. The monoisotopic (exact) mass is 291 g/mol. The Hall–Kier alpha value is -1.88. The van der Waals surface area contributed by atoms with Crippen LogP contribution < -0.4 is 16.4 Å². The maximum Gasteiger partial charge on any atom is 0.241 e. The highest BCUT2D eigenvalue weighted by atomic mass is 16.2. The van der Waals surface area contributed by atoms with Gasteiger partial charge >= 0.3 is 0 Å². The first-order valence-corrected chi connectivity index (χ1v) is 7.45. The van der Waals surface area contributed by atoms with Gasteiger partial charge in [0.2, 0.25) is 11.8 Å². The molecule has 0 radical (unpaired) electrons. The molecule has 0 spiro atoms. The Morgan fingerprint density at radius 2 is 1.81 bits per heavy atom. The first kappa shape index (κ1) is 17.2. The maximum atomic E-state index is 12.0. The number of carbonyl (C=O) groups excluding carboxylic acids is 2. The van der Waals surface area contributed by atoms with Crippen LogP contribution in [0.2, 0.25) is 0 Å². The number of benzene rings is 1. The number of amides is 2. The van der Waals surface area contributed by atoms with E-state index in [4.69, 9.17) is 5.73 Å². The average Bonchev–Trinajstić information content (AvgIpc) is 2.48. The molecule has 0 aliphatic heterocycles. The van der Waals surface area contributed by atoms with E-state index in [1.807, 2.05) is 13.0 Å². The third kappa shape index (κ3) is 5.19. The SMILES string of the molecule is CCCCC(N)C(=O)Nc1cccc(NC(=O)CC)c1C. The van der Waals surface area contributed by atoms with E-state index in [9.17, 15) is 9.59 Å². The van der Waals surface area contributed by atoms with Gasteiger partial charge in [-0.15, -0.1) is 0 Å². The number of nitrogens with two attached hydrogens (primary N) is 1. The van der Waals surface area contributed by atoms with E-state index < -0.39 is 6.04 Å². The molecule has 0 heterocycles. The van der Waals surface area contributed by atoms with Gasteiger partial charge < -0.3 is 16.4 Å². The third-order valence-corrected chi connectivity index (χ3v) is 3.39. The zero-order valence-corrected chi connectivity index (χ0v) is 13.0. The van der Waals surface area contributed by atoms with Gasteiger partial charge in [-0.05, 0) is 31.0 Å². The summed E-state index contributed by atoms with van der Waals surface area (Å²) in [7, 11) is 0. The second kappa shape index (κ2) is 8.42. The molecule has 1 atom stereocenters. The topological polar surface area (TPSA) is 84.2 Å². The van der Waals surface area contributed by atoms with E-state index in [1.165, 1.54) is 0 Å². The van der Waals surface area contributed by atoms with Crippen LogP contribution >= 0.6 is 0 Å². The molecule has 2 amide bonds. The van der Waals surface area contributed by atoms with Crippen molar-refractivity contribution in [3.05, 3.63) is 23.8 Å². The number of nitrogens with one attached hydrogen (secondary N) is 2. The number of hydrogen-bond donors (Lipinski definition) is 3. The average molecular weight is 291 g/mol. The number of rotatable bonds is 7. The van der Waals surface area contributed by atoms with Gasteiger partial charge in [0.25, 0.3) is 0 Å². The van der Waals surface area contributed by atoms with Crippen molar-refractivity contribution in [1.82, 2.24) is 0 Å². The Morgan fingerprint density at radius 1 is 1.19 bits per heavy atom. The molecule has 5 heteroatoms. The van der Waals surface area contributed by atoms with E-state index in [0.717, 1.165) is 18.4 Å². The van der Waals surface area contributed by atoms with Crippen LogP contribution in [0, 0.1) is 6.92 Å². The van der Waals surface area contributed by atoms with Crippen molar-refractivity contribution in [2.45, 2.75) is 52.5 Å². The summed E-state index contributed by atoms with van der Waals surface area (Å²) in [4.78, 5) is 23.5. The van der Waals surface area contributed by atoms with Gasteiger partial charge in [-0.1, -0.05) is 32.8 Å². The van der Waals surface area contributed by atoms with Crippen LogP contribution in [0.4, 0.5) is 11.4 Å². The molecule has 5 nitrogen and oxygen atoms in total. The predicted octanol–water partition coefficient (Wildman–Crippen LogP) is 2.80. The summed E-state index contributed by atoms with van der Waals surface area (Å²) in [6, 6.07) is 4.92. The summed E-state index contributed by atoms with van der Waals surface area (Å²) in [5.74, 6) is -0.244. The standard InChI is InChI=1S/C16H25N3O2/c1-4-6-8-12(17)16(21)19-14-10-7-9-13(11(14)3)18-15(20)5-2/h7,9-10,12H,4-6,8,17H2,1-3H3,(H,18,20)(H,19,21). The lowest BCUT2D eigenvalue weighted by atomic mass is 10.1. The van der Waals surface area contributed by atoms with E-state index in [2.05, 4.69) is 17.6 Å². The molecular weight excluding hydrogens is 266 g/mol. The molecule has 1 unspecified atom stereocenters. The first-order chi connectivity index (χ1) is 9.99. The summed E-state index contributed by atoms with van der Waals surface area (Å²) < 4.78 is 0. The summed E-state index contributed by atoms with van der Waals surface area (Å²) >= 11 is 0. The van der Waals surface area contributed by atoms with Gasteiger partial charge in [-0.2, -0.15) is 0 Å². The fourth-order valence-electron chi connectivity index (χ4n) is 1.93. The lowest BCUT2D eigenvalue weighted by Crippen LogP contribution is -2.35. The normalized spacial score (nSPS) is 11.8. The fourth-order valence-corrected chi connectivity index (χ4v) is 1.93. The molecule has 1 aromatic rings. The molecule has 116 valence electrons. The quantitative estimate of drug-likeness (QED) is 0.722. The van der Waals surface area contributed by atoms with Crippen LogP contribution in [0.3, 0.4) is 0 Å². The molecule has 1 aromatic carbocycles. The fraction of sp³-hybridized carbons (Fsp3) is 0.500. The lowest BCUT2D eigenvalue weighted by molar-refractivity contribution is -0.117. The molecule has 0 saturated heterocycles. The Labute approximate surface area is 126 Å². The smallest absolute Gasteiger partial charge is 0.241 e. The number of anilines is 2. The second-order valence-electron chi connectivity index (χ2n) is 5.12. The Bertz CT molecular complexity index is 500. The summed E-state index contributed by atoms with van der Waals surface area (Å²) in [5, 5.41) is 5.65. The van der Waals surface area contributed by atoms with Crippen molar-refractivity contribution in [1.29, 1.82) is 0 Å². The van der Waals surface area contributed by atoms with Crippen LogP contribution in [0.5, 0.6) is 0 Å². The van der Waals surface area contributed by atoms with Gasteiger partial charge in [0, 0.05) is 17.8 Å². The van der Waals surface area contributed by atoms with E-state index in [1.54, 1.807) is 19.1 Å². The van der Waals surface area contributed by atoms with Crippen LogP contribution in [-0.2, 0) is 9.59 Å².